The number of benzene rings is 9. The van der Waals surface area contributed by atoms with E-state index in [2.05, 4.69) is 162 Å². The number of nitrogens with zero attached hydrogens (tertiary/aromatic N) is 4. The Morgan fingerprint density at radius 1 is 0.350 bits per heavy atom. The van der Waals surface area contributed by atoms with E-state index in [1.54, 1.807) is 0 Å². The molecular weight excluding hydrogens is 729 g/mol. The van der Waals surface area contributed by atoms with Gasteiger partial charge in [-0.05, 0) is 68.4 Å². The molecular formula is C56H36N4. The van der Waals surface area contributed by atoms with E-state index < -0.39 is 5.41 Å². The summed E-state index contributed by atoms with van der Waals surface area (Å²) in [4.78, 5) is 15.2. The van der Waals surface area contributed by atoms with Gasteiger partial charge in [-0.15, -0.1) is 0 Å². The third-order valence-electron chi connectivity index (χ3n) is 12.3. The van der Waals surface area contributed by atoms with Crippen molar-refractivity contribution < 1.29 is 0 Å². The van der Waals surface area contributed by atoms with E-state index in [9.17, 15) is 0 Å². The number of para-hydroxylation sites is 1. The summed E-state index contributed by atoms with van der Waals surface area (Å²) in [5.41, 5.74) is 13.2. The first kappa shape index (κ1) is 34.1. The number of hydrogen-bond donors (Lipinski definition) is 0. The zero-order chi connectivity index (χ0) is 39.6. The highest BCUT2D eigenvalue weighted by Crippen LogP contribution is 2.58. The summed E-state index contributed by atoms with van der Waals surface area (Å²) >= 11 is 0. The van der Waals surface area contributed by atoms with Gasteiger partial charge in [-0.25, -0.2) is 15.0 Å². The summed E-state index contributed by atoms with van der Waals surface area (Å²) in [6, 6.07) is 78.3. The van der Waals surface area contributed by atoms with Crippen LogP contribution in [0.5, 0.6) is 0 Å². The number of aromatic nitrogens is 4. The van der Waals surface area contributed by atoms with Crippen LogP contribution in [0, 0.1) is 0 Å². The number of rotatable bonds is 6. The Kier molecular flexibility index (Phi) is 7.72. The van der Waals surface area contributed by atoms with Gasteiger partial charge in [0.25, 0.3) is 0 Å². The highest BCUT2D eigenvalue weighted by atomic mass is 15.0. The van der Waals surface area contributed by atoms with Crippen molar-refractivity contribution in [3.63, 3.8) is 0 Å². The first-order valence-corrected chi connectivity index (χ1v) is 20.4. The molecule has 0 fully saturated rings. The van der Waals surface area contributed by atoms with Gasteiger partial charge in [-0.1, -0.05) is 194 Å². The molecule has 0 saturated heterocycles. The van der Waals surface area contributed by atoms with E-state index in [0.29, 0.717) is 17.5 Å². The molecule has 0 aliphatic heterocycles. The van der Waals surface area contributed by atoms with Gasteiger partial charge in [0.15, 0.2) is 17.5 Å². The highest BCUT2D eigenvalue weighted by molar-refractivity contribution is 6.11. The van der Waals surface area contributed by atoms with Gasteiger partial charge in [0.2, 0.25) is 0 Å². The Hall–Kier alpha value is -7.95. The van der Waals surface area contributed by atoms with Crippen LogP contribution in [0.4, 0.5) is 0 Å². The Balaban J connectivity index is 1.13. The Morgan fingerprint density at radius 3 is 1.60 bits per heavy atom. The number of hydrogen-bond acceptors (Lipinski definition) is 3. The molecule has 9 aromatic carbocycles. The van der Waals surface area contributed by atoms with Crippen LogP contribution in [0.15, 0.2) is 218 Å². The maximum Gasteiger partial charge on any atom is 0.164 e. The monoisotopic (exact) mass is 764 g/mol. The third kappa shape index (κ3) is 5.14. The second-order valence-electron chi connectivity index (χ2n) is 15.5. The molecule has 11 aromatic rings. The molecule has 1 aliphatic carbocycles. The Bertz CT molecular complexity index is 3360. The molecule has 4 heteroatoms. The van der Waals surface area contributed by atoms with Crippen LogP contribution in [0.1, 0.15) is 22.3 Å². The van der Waals surface area contributed by atoms with Gasteiger partial charge in [0, 0.05) is 33.2 Å². The fourth-order valence-corrected chi connectivity index (χ4v) is 9.71. The minimum absolute atomic E-state index is 0.554. The van der Waals surface area contributed by atoms with Crippen molar-refractivity contribution in [3.05, 3.63) is 241 Å². The Morgan fingerprint density at radius 2 is 0.900 bits per heavy atom. The summed E-state index contributed by atoms with van der Waals surface area (Å²) in [5, 5.41) is 4.87. The van der Waals surface area contributed by atoms with Crippen molar-refractivity contribution in [2.24, 2.45) is 0 Å². The molecule has 0 saturated carbocycles. The SMILES string of the molecule is c1ccc(-c2nc(-c3ccccc3)nc(-c3ccc4c5ccc(C6(c7ccccc7)c7ccccc7-c7c6ccc6ccccc76)cc5n(-c5ccccc5)c4c3)n2)cc1. The maximum absolute atomic E-state index is 5.10. The average Bonchev–Trinajstić information content (AvgIpc) is 3.83. The second kappa shape index (κ2) is 13.6. The molecule has 1 unspecified atom stereocenters. The van der Waals surface area contributed by atoms with Crippen LogP contribution >= 0.6 is 0 Å². The van der Waals surface area contributed by atoms with Crippen LogP contribution in [0.2, 0.25) is 0 Å². The van der Waals surface area contributed by atoms with Crippen LogP contribution in [0.25, 0.3) is 83.6 Å². The smallest absolute Gasteiger partial charge is 0.164 e. The molecule has 0 amide bonds. The predicted molar refractivity (Wildman–Crippen MR) is 245 cm³/mol. The van der Waals surface area contributed by atoms with Crippen LogP contribution < -0.4 is 0 Å². The van der Waals surface area contributed by atoms with Gasteiger partial charge in [-0.3, -0.25) is 0 Å². The van der Waals surface area contributed by atoms with E-state index in [-0.39, 0.29) is 0 Å². The van der Waals surface area contributed by atoms with Crippen LogP contribution in [-0.2, 0) is 5.41 Å². The molecule has 2 aromatic heterocycles. The maximum atomic E-state index is 5.10. The van der Waals surface area contributed by atoms with Crippen molar-refractivity contribution in [2.45, 2.75) is 5.41 Å². The largest absolute Gasteiger partial charge is 0.309 e. The van der Waals surface area contributed by atoms with Crippen LogP contribution in [0.3, 0.4) is 0 Å². The molecule has 0 spiro atoms. The summed E-state index contributed by atoms with van der Waals surface area (Å²) in [6.07, 6.45) is 0. The van der Waals surface area contributed by atoms with Crippen molar-refractivity contribution in [3.8, 4) is 51.0 Å². The van der Waals surface area contributed by atoms with E-state index in [0.717, 1.165) is 38.8 Å². The summed E-state index contributed by atoms with van der Waals surface area (Å²) in [5.74, 6) is 1.91. The zero-order valence-electron chi connectivity index (χ0n) is 32.6. The van der Waals surface area contributed by atoms with Crippen molar-refractivity contribution in [1.82, 2.24) is 19.5 Å². The summed E-state index contributed by atoms with van der Waals surface area (Å²) < 4.78 is 2.41. The fraction of sp³-hybridized carbons (Fsp3) is 0.0179. The molecule has 280 valence electrons. The van der Waals surface area contributed by atoms with E-state index >= 15 is 0 Å². The van der Waals surface area contributed by atoms with Crippen molar-refractivity contribution >= 4 is 32.6 Å². The van der Waals surface area contributed by atoms with Gasteiger partial charge in [0.1, 0.15) is 0 Å². The van der Waals surface area contributed by atoms with Crippen molar-refractivity contribution in [2.75, 3.05) is 0 Å². The Labute approximate surface area is 347 Å². The van der Waals surface area contributed by atoms with Gasteiger partial charge in [0.05, 0.1) is 16.4 Å². The quantitative estimate of drug-likeness (QED) is 0.169. The van der Waals surface area contributed by atoms with E-state index in [4.69, 9.17) is 15.0 Å². The topological polar surface area (TPSA) is 43.6 Å². The standard InChI is InChI=1S/C56H36N4/c1-5-18-38(19-6-1)53-57-54(39-20-7-2-8-21-39)59-55(58-53)40-29-32-45-46-33-31-42(36-51(46)60(50(45)35-40)43-24-11-4-12-25-43)56(41-22-9-3-10-23-41)48-28-16-15-27-47(48)52-44-26-14-13-17-37(44)30-34-49(52)56/h1-36H. The molecule has 1 atom stereocenters. The van der Waals surface area contributed by atoms with Crippen molar-refractivity contribution in [1.29, 1.82) is 0 Å². The molecule has 60 heavy (non-hydrogen) atoms. The lowest BCUT2D eigenvalue weighted by atomic mass is 9.67. The normalized spacial score (nSPS) is 14.4. The first-order chi connectivity index (χ1) is 29.8. The lowest BCUT2D eigenvalue weighted by Crippen LogP contribution is -2.28. The van der Waals surface area contributed by atoms with E-state index in [1.807, 2.05) is 60.7 Å². The molecule has 12 rings (SSSR count). The molecule has 2 heterocycles. The molecule has 0 N–H and O–H groups in total. The average molecular weight is 765 g/mol. The summed E-state index contributed by atoms with van der Waals surface area (Å²) in [7, 11) is 0. The van der Waals surface area contributed by atoms with Gasteiger partial charge >= 0.3 is 0 Å². The minimum atomic E-state index is -0.554. The molecule has 1 aliphatic rings. The summed E-state index contributed by atoms with van der Waals surface area (Å²) in [6.45, 7) is 0. The molecule has 0 radical (unpaired) electrons. The van der Waals surface area contributed by atoms with Gasteiger partial charge in [-0.2, -0.15) is 0 Å². The molecule has 0 bridgehead atoms. The lowest BCUT2D eigenvalue weighted by Gasteiger charge is -2.34. The van der Waals surface area contributed by atoms with E-state index in [1.165, 1.54) is 49.5 Å². The molecule has 4 nitrogen and oxygen atoms in total. The zero-order valence-corrected chi connectivity index (χ0v) is 32.6. The van der Waals surface area contributed by atoms with Gasteiger partial charge < -0.3 is 4.57 Å². The fourth-order valence-electron chi connectivity index (χ4n) is 9.71. The minimum Gasteiger partial charge on any atom is -0.309 e. The van der Waals surface area contributed by atoms with Crippen LogP contribution in [-0.4, -0.2) is 19.5 Å². The predicted octanol–water partition coefficient (Wildman–Crippen LogP) is 13.5. The second-order valence-corrected chi connectivity index (χ2v) is 15.5. The third-order valence-corrected chi connectivity index (χ3v) is 12.3. The lowest BCUT2D eigenvalue weighted by molar-refractivity contribution is 0.770. The highest BCUT2D eigenvalue weighted by Gasteiger charge is 2.46. The number of fused-ring (bicyclic) bond motifs is 8. The first-order valence-electron chi connectivity index (χ1n) is 20.4.